The maximum absolute atomic E-state index is 13.1. The molecule has 0 aromatic heterocycles. The maximum Gasteiger partial charge on any atom is 0.266 e. The van der Waals surface area contributed by atoms with Crippen LogP contribution in [0.1, 0.15) is 43.9 Å². The third-order valence-corrected chi connectivity index (χ3v) is 5.92. The molecule has 1 fully saturated rings. The molecule has 3 aromatic rings. The van der Waals surface area contributed by atoms with Crippen LogP contribution in [0.15, 0.2) is 72.8 Å². The Morgan fingerprint density at radius 3 is 2.18 bits per heavy atom. The number of nitrogens with one attached hydrogen (secondary N) is 1. The molecule has 1 heterocycles. The molecule has 7 heteroatoms. The van der Waals surface area contributed by atoms with Gasteiger partial charge < -0.3 is 10.2 Å². The van der Waals surface area contributed by atoms with Gasteiger partial charge in [-0.05, 0) is 55.3 Å². The highest BCUT2D eigenvalue weighted by Gasteiger charge is 2.36. The van der Waals surface area contributed by atoms with E-state index in [1.807, 2.05) is 0 Å². The van der Waals surface area contributed by atoms with Crippen molar-refractivity contribution in [2.24, 2.45) is 5.92 Å². The molecule has 3 aromatic carbocycles. The van der Waals surface area contributed by atoms with Gasteiger partial charge in [-0.1, -0.05) is 30.3 Å². The predicted octanol–water partition coefficient (Wildman–Crippen LogP) is 4.11. The Balaban J connectivity index is 1.39. The van der Waals surface area contributed by atoms with Gasteiger partial charge in [0.1, 0.15) is 0 Å². The second kappa shape index (κ2) is 8.02. The molecule has 0 saturated heterocycles. The van der Waals surface area contributed by atoms with Gasteiger partial charge in [0.2, 0.25) is 5.91 Å². The number of amides is 4. The number of carbonyl (C=O) groups is 4. The average Bonchev–Trinajstić information content (AvgIpc) is 3.65. The van der Waals surface area contributed by atoms with Gasteiger partial charge in [0.25, 0.3) is 17.7 Å². The van der Waals surface area contributed by atoms with Gasteiger partial charge in [0.05, 0.1) is 28.1 Å². The highest BCUT2D eigenvalue weighted by Crippen LogP contribution is 2.34. The lowest BCUT2D eigenvalue weighted by Crippen LogP contribution is -2.30. The van der Waals surface area contributed by atoms with E-state index in [1.165, 1.54) is 4.90 Å². The van der Waals surface area contributed by atoms with E-state index in [9.17, 15) is 19.2 Å². The Morgan fingerprint density at radius 2 is 1.52 bits per heavy atom. The first kappa shape index (κ1) is 20.6. The molecule has 0 bridgehead atoms. The number of hydrogen-bond donors (Lipinski definition) is 1. The first-order valence-electron chi connectivity index (χ1n) is 10.7. The van der Waals surface area contributed by atoms with Crippen molar-refractivity contribution in [1.82, 2.24) is 0 Å². The second-order valence-corrected chi connectivity index (χ2v) is 8.18. The molecule has 1 N–H and O–H groups in total. The summed E-state index contributed by atoms with van der Waals surface area (Å²) < 4.78 is 0. The molecule has 1 aliphatic carbocycles. The van der Waals surface area contributed by atoms with Crippen LogP contribution in [0.2, 0.25) is 0 Å². The quantitative estimate of drug-likeness (QED) is 0.606. The molecular formula is C26H21N3O4. The number of imide groups is 1. The van der Waals surface area contributed by atoms with Crippen LogP contribution in [-0.2, 0) is 4.79 Å². The standard InChI is InChI=1S/C26H21N3O4/c1-28(24(31)16-13-14-16)22-12-5-4-11-21(22)23(30)27-17-7-6-8-18(15-17)29-25(32)19-9-2-3-10-20(19)26(29)33/h2-12,15-16H,13-14H2,1H3,(H,27,30). The smallest absolute Gasteiger partial charge is 0.266 e. The third-order valence-electron chi connectivity index (χ3n) is 5.92. The fourth-order valence-corrected chi connectivity index (χ4v) is 4.03. The van der Waals surface area contributed by atoms with Crippen molar-refractivity contribution in [2.45, 2.75) is 12.8 Å². The Hall–Kier alpha value is -4.26. The number of rotatable bonds is 5. The lowest BCUT2D eigenvalue weighted by molar-refractivity contribution is -0.119. The molecule has 0 radical (unpaired) electrons. The summed E-state index contributed by atoms with van der Waals surface area (Å²) in [5.41, 5.74) is 2.40. The van der Waals surface area contributed by atoms with Crippen LogP contribution in [0.5, 0.6) is 0 Å². The lowest BCUT2D eigenvalue weighted by atomic mass is 10.1. The van der Waals surface area contributed by atoms with Crippen LogP contribution in [0.4, 0.5) is 17.1 Å². The lowest BCUT2D eigenvalue weighted by Gasteiger charge is -2.20. The summed E-state index contributed by atoms with van der Waals surface area (Å²) >= 11 is 0. The van der Waals surface area contributed by atoms with Crippen molar-refractivity contribution >= 4 is 40.7 Å². The van der Waals surface area contributed by atoms with Crippen LogP contribution in [0, 0.1) is 5.92 Å². The monoisotopic (exact) mass is 439 g/mol. The summed E-state index contributed by atoms with van der Waals surface area (Å²) in [6.45, 7) is 0. The predicted molar refractivity (Wildman–Crippen MR) is 125 cm³/mol. The second-order valence-electron chi connectivity index (χ2n) is 8.18. The summed E-state index contributed by atoms with van der Waals surface area (Å²) in [5.74, 6) is -1.15. The number of nitrogens with zero attached hydrogens (tertiary/aromatic N) is 2. The maximum atomic E-state index is 13.1. The van der Waals surface area contributed by atoms with Crippen LogP contribution in [-0.4, -0.2) is 30.7 Å². The summed E-state index contributed by atoms with van der Waals surface area (Å²) in [5, 5.41) is 2.83. The van der Waals surface area contributed by atoms with Crippen molar-refractivity contribution in [3.63, 3.8) is 0 Å². The van der Waals surface area contributed by atoms with E-state index in [0.717, 1.165) is 17.7 Å². The number of para-hydroxylation sites is 1. The highest BCUT2D eigenvalue weighted by atomic mass is 16.2. The molecule has 164 valence electrons. The normalized spacial score (nSPS) is 14.8. The number of carbonyl (C=O) groups excluding carboxylic acids is 4. The van der Waals surface area contributed by atoms with Gasteiger partial charge in [-0.25, -0.2) is 4.90 Å². The summed E-state index contributed by atoms with van der Waals surface area (Å²) in [6, 6.07) is 20.2. The molecule has 0 unspecified atom stereocenters. The van der Waals surface area contributed by atoms with E-state index < -0.39 is 11.8 Å². The Labute approximate surface area is 190 Å². The number of fused-ring (bicyclic) bond motifs is 1. The van der Waals surface area contributed by atoms with Gasteiger partial charge in [0, 0.05) is 18.7 Å². The van der Waals surface area contributed by atoms with E-state index in [-0.39, 0.29) is 17.7 Å². The van der Waals surface area contributed by atoms with Gasteiger partial charge in [0.15, 0.2) is 0 Å². The molecule has 33 heavy (non-hydrogen) atoms. The fourth-order valence-electron chi connectivity index (χ4n) is 4.03. The number of benzene rings is 3. The zero-order chi connectivity index (χ0) is 23.1. The zero-order valence-electron chi connectivity index (χ0n) is 17.9. The van der Waals surface area contributed by atoms with Crippen molar-refractivity contribution in [3.8, 4) is 0 Å². The van der Waals surface area contributed by atoms with Crippen LogP contribution in [0.3, 0.4) is 0 Å². The topological polar surface area (TPSA) is 86.8 Å². The first-order chi connectivity index (χ1) is 16.0. The minimum absolute atomic E-state index is 0.00266. The SMILES string of the molecule is CN(C(=O)C1CC1)c1ccccc1C(=O)Nc1cccc(N2C(=O)c3ccccc3C2=O)c1. The molecule has 0 atom stereocenters. The minimum atomic E-state index is -0.398. The fraction of sp³-hybridized carbons (Fsp3) is 0.154. The third kappa shape index (κ3) is 3.67. The van der Waals surface area contributed by atoms with Gasteiger partial charge in [-0.2, -0.15) is 0 Å². The van der Waals surface area contributed by atoms with E-state index >= 15 is 0 Å². The average molecular weight is 439 g/mol. The number of hydrogen-bond acceptors (Lipinski definition) is 4. The summed E-state index contributed by atoms with van der Waals surface area (Å²) in [6.07, 6.45) is 1.75. The van der Waals surface area contributed by atoms with Crippen molar-refractivity contribution in [1.29, 1.82) is 0 Å². The molecular weight excluding hydrogens is 418 g/mol. The number of anilines is 3. The molecule has 1 saturated carbocycles. The van der Waals surface area contributed by atoms with Crippen molar-refractivity contribution < 1.29 is 19.2 Å². The van der Waals surface area contributed by atoms with E-state index in [2.05, 4.69) is 5.32 Å². The van der Waals surface area contributed by atoms with E-state index in [0.29, 0.717) is 33.8 Å². The van der Waals surface area contributed by atoms with Gasteiger partial charge >= 0.3 is 0 Å². The van der Waals surface area contributed by atoms with E-state index in [4.69, 9.17) is 0 Å². The van der Waals surface area contributed by atoms with Gasteiger partial charge in [-0.15, -0.1) is 0 Å². The minimum Gasteiger partial charge on any atom is -0.322 e. The van der Waals surface area contributed by atoms with Crippen molar-refractivity contribution in [2.75, 3.05) is 22.2 Å². The Bertz CT molecular complexity index is 1280. The molecule has 2 aliphatic rings. The molecule has 4 amide bonds. The zero-order valence-corrected chi connectivity index (χ0v) is 17.9. The highest BCUT2D eigenvalue weighted by molar-refractivity contribution is 6.34. The summed E-state index contributed by atoms with van der Waals surface area (Å²) in [4.78, 5) is 53.8. The molecule has 7 nitrogen and oxygen atoms in total. The summed E-state index contributed by atoms with van der Waals surface area (Å²) in [7, 11) is 1.68. The van der Waals surface area contributed by atoms with Crippen LogP contribution in [0.25, 0.3) is 0 Å². The van der Waals surface area contributed by atoms with Crippen LogP contribution >= 0.6 is 0 Å². The van der Waals surface area contributed by atoms with Crippen molar-refractivity contribution in [3.05, 3.63) is 89.5 Å². The first-order valence-corrected chi connectivity index (χ1v) is 10.7. The molecule has 1 aliphatic heterocycles. The van der Waals surface area contributed by atoms with Crippen LogP contribution < -0.4 is 15.1 Å². The van der Waals surface area contributed by atoms with E-state index in [1.54, 1.807) is 79.8 Å². The molecule has 0 spiro atoms. The Kier molecular flexibility index (Phi) is 5.01. The molecule has 5 rings (SSSR count). The Morgan fingerprint density at radius 1 is 0.879 bits per heavy atom. The van der Waals surface area contributed by atoms with Gasteiger partial charge in [-0.3, -0.25) is 19.2 Å². The largest absolute Gasteiger partial charge is 0.322 e.